The largest absolute Gasteiger partial charge is 0.309 e. The fraction of sp³-hybridized carbons (Fsp3) is 0.875. The van der Waals surface area contributed by atoms with Gasteiger partial charge < -0.3 is 5.41 Å². The Morgan fingerprint density at radius 2 is 2.33 bits per heavy atom. The standard InChI is InChI=1S/C8H15N/c1-2-7-5-3-4-6-8(7)9/h7,9H,2-6H2,1H3. The molecule has 1 nitrogen and oxygen atoms in total. The van der Waals surface area contributed by atoms with Crippen LogP contribution in [0.25, 0.3) is 0 Å². The average molecular weight is 125 g/mol. The van der Waals surface area contributed by atoms with E-state index in [0.717, 1.165) is 12.1 Å². The van der Waals surface area contributed by atoms with Crippen molar-refractivity contribution in [3.8, 4) is 0 Å². The first-order valence-corrected chi connectivity index (χ1v) is 3.92. The molecule has 0 bridgehead atoms. The molecule has 1 aliphatic carbocycles. The van der Waals surface area contributed by atoms with Crippen molar-refractivity contribution in [3.05, 3.63) is 0 Å². The molecule has 0 aliphatic heterocycles. The summed E-state index contributed by atoms with van der Waals surface area (Å²) >= 11 is 0. The van der Waals surface area contributed by atoms with Gasteiger partial charge in [0.05, 0.1) is 0 Å². The van der Waals surface area contributed by atoms with Gasteiger partial charge in [-0.05, 0) is 31.6 Å². The fourth-order valence-corrected chi connectivity index (χ4v) is 1.54. The SMILES string of the molecule is CCC1CCCCC1=N. The van der Waals surface area contributed by atoms with Gasteiger partial charge in [0.1, 0.15) is 0 Å². The van der Waals surface area contributed by atoms with Crippen molar-refractivity contribution in [2.45, 2.75) is 39.0 Å². The number of hydrogen-bond donors (Lipinski definition) is 1. The van der Waals surface area contributed by atoms with Crippen molar-refractivity contribution in [3.63, 3.8) is 0 Å². The predicted octanol–water partition coefficient (Wildman–Crippen LogP) is 2.61. The molecule has 0 radical (unpaired) electrons. The van der Waals surface area contributed by atoms with Crippen molar-refractivity contribution >= 4 is 5.71 Å². The van der Waals surface area contributed by atoms with E-state index >= 15 is 0 Å². The molecule has 0 heterocycles. The normalized spacial score (nSPS) is 28.6. The molecule has 52 valence electrons. The number of hydrogen-bond acceptors (Lipinski definition) is 1. The summed E-state index contributed by atoms with van der Waals surface area (Å²) in [5.41, 5.74) is 1.00. The van der Waals surface area contributed by atoms with E-state index in [1.54, 1.807) is 0 Å². The minimum Gasteiger partial charge on any atom is -0.309 e. The summed E-state index contributed by atoms with van der Waals surface area (Å²) in [5, 5.41) is 7.55. The van der Waals surface area contributed by atoms with Crippen molar-refractivity contribution < 1.29 is 0 Å². The van der Waals surface area contributed by atoms with Crippen LogP contribution in [0, 0.1) is 11.3 Å². The highest BCUT2D eigenvalue weighted by Gasteiger charge is 2.15. The van der Waals surface area contributed by atoms with Gasteiger partial charge in [0.2, 0.25) is 0 Å². The lowest BCUT2D eigenvalue weighted by Crippen LogP contribution is -2.16. The van der Waals surface area contributed by atoms with Crippen LogP contribution in [0.15, 0.2) is 0 Å². The topological polar surface area (TPSA) is 23.9 Å². The lowest BCUT2D eigenvalue weighted by Gasteiger charge is -2.20. The maximum Gasteiger partial charge on any atom is 0.0120 e. The van der Waals surface area contributed by atoms with E-state index in [1.807, 2.05) is 0 Å². The molecular weight excluding hydrogens is 110 g/mol. The van der Waals surface area contributed by atoms with Gasteiger partial charge in [0.25, 0.3) is 0 Å². The molecule has 1 N–H and O–H groups in total. The molecule has 0 aromatic carbocycles. The molecule has 0 saturated heterocycles. The van der Waals surface area contributed by atoms with Crippen LogP contribution in [0.1, 0.15) is 39.0 Å². The maximum absolute atomic E-state index is 7.55. The quantitative estimate of drug-likeness (QED) is 0.557. The summed E-state index contributed by atoms with van der Waals surface area (Å²) < 4.78 is 0. The number of rotatable bonds is 1. The second-order valence-corrected chi connectivity index (χ2v) is 2.88. The first-order valence-electron chi connectivity index (χ1n) is 3.92. The van der Waals surface area contributed by atoms with Crippen LogP contribution < -0.4 is 0 Å². The molecule has 0 aromatic heterocycles. The van der Waals surface area contributed by atoms with Crippen molar-refractivity contribution in [2.24, 2.45) is 5.92 Å². The zero-order valence-electron chi connectivity index (χ0n) is 6.11. The minimum atomic E-state index is 0.638. The highest BCUT2D eigenvalue weighted by molar-refractivity contribution is 5.84. The van der Waals surface area contributed by atoms with Crippen LogP contribution in [0.2, 0.25) is 0 Å². The molecule has 1 unspecified atom stereocenters. The van der Waals surface area contributed by atoms with Gasteiger partial charge in [-0.3, -0.25) is 0 Å². The third kappa shape index (κ3) is 1.54. The van der Waals surface area contributed by atoms with E-state index in [4.69, 9.17) is 5.41 Å². The monoisotopic (exact) mass is 125 g/mol. The summed E-state index contributed by atoms with van der Waals surface area (Å²) in [6.45, 7) is 2.19. The van der Waals surface area contributed by atoms with Gasteiger partial charge >= 0.3 is 0 Å². The fourth-order valence-electron chi connectivity index (χ4n) is 1.54. The summed E-state index contributed by atoms with van der Waals surface area (Å²) in [4.78, 5) is 0. The third-order valence-corrected chi connectivity index (χ3v) is 2.23. The summed E-state index contributed by atoms with van der Waals surface area (Å²) in [7, 11) is 0. The molecule has 0 amide bonds. The highest BCUT2D eigenvalue weighted by Crippen LogP contribution is 2.22. The van der Waals surface area contributed by atoms with Gasteiger partial charge in [-0.1, -0.05) is 13.3 Å². The first-order chi connectivity index (χ1) is 4.34. The van der Waals surface area contributed by atoms with Crippen molar-refractivity contribution in [1.29, 1.82) is 5.41 Å². The van der Waals surface area contributed by atoms with Crippen LogP contribution >= 0.6 is 0 Å². The second-order valence-electron chi connectivity index (χ2n) is 2.88. The Balaban J connectivity index is 2.39. The maximum atomic E-state index is 7.55. The molecular formula is C8H15N. The molecule has 1 rings (SSSR count). The van der Waals surface area contributed by atoms with Crippen molar-refractivity contribution in [1.82, 2.24) is 0 Å². The molecule has 1 fully saturated rings. The lowest BCUT2D eigenvalue weighted by atomic mass is 9.86. The van der Waals surface area contributed by atoms with Gasteiger partial charge in [-0.2, -0.15) is 0 Å². The number of nitrogens with one attached hydrogen (secondary N) is 1. The van der Waals surface area contributed by atoms with Crippen LogP contribution in [0.3, 0.4) is 0 Å². The molecule has 1 saturated carbocycles. The van der Waals surface area contributed by atoms with Gasteiger partial charge in [-0.15, -0.1) is 0 Å². The van der Waals surface area contributed by atoms with E-state index in [9.17, 15) is 0 Å². The molecule has 9 heavy (non-hydrogen) atoms. The third-order valence-electron chi connectivity index (χ3n) is 2.23. The van der Waals surface area contributed by atoms with E-state index in [1.165, 1.54) is 25.7 Å². The van der Waals surface area contributed by atoms with Gasteiger partial charge in [0.15, 0.2) is 0 Å². The smallest absolute Gasteiger partial charge is 0.0120 e. The van der Waals surface area contributed by atoms with Gasteiger partial charge in [0, 0.05) is 5.71 Å². The Bertz CT molecular complexity index is 107. The van der Waals surface area contributed by atoms with Crippen LogP contribution in [-0.2, 0) is 0 Å². The minimum absolute atomic E-state index is 0.638. The van der Waals surface area contributed by atoms with Crippen molar-refractivity contribution in [2.75, 3.05) is 0 Å². The predicted molar refractivity (Wildman–Crippen MR) is 40.0 cm³/mol. The Kier molecular flexibility index (Phi) is 2.26. The lowest BCUT2D eigenvalue weighted by molar-refractivity contribution is 0.512. The Labute approximate surface area is 57.0 Å². The molecule has 1 atom stereocenters. The van der Waals surface area contributed by atoms with E-state index in [0.29, 0.717) is 5.92 Å². The molecule has 1 aliphatic rings. The highest BCUT2D eigenvalue weighted by atomic mass is 14.5. The molecule has 1 heteroatoms. The molecule has 0 aromatic rings. The van der Waals surface area contributed by atoms with E-state index in [-0.39, 0.29) is 0 Å². The van der Waals surface area contributed by atoms with E-state index in [2.05, 4.69) is 6.92 Å². The zero-order chi connectivity index (χ0) is 6.69. The van der Waals surface area contributed by atoms with Crippen LogP contribution in [0.5, 0.6) is 0 Å². The Hall–Kier alpha value is -0.330. The zero-order valence-corrected chi connectivity index (χ0v) is 6.11. The Morgan fingerprint density at radius 1 is 1.56 bits per heavy atom. The summed E-state index contributed by atoms with van der Waals surface area (Å²) in [6, 6.07) is 0. The van der Waals surface area contributed by atoms with Crippen LogP contribution in [-0.4, -0.2) is 5.71 Å². The average Bonchev–Trinajstić information content (AvgIpc) is 1.89. The summed E-state index contributed by atoms with van der Waals surface area (Å²) in [5.74, 6) is 0.638. The van der Waals surface area contributed by atoms with E-state index < -0.39 is 0 Å². The molecule has 0 spiro atoms. The summed E-state index contributed by atoms with van der Waals surface area (Å²) in [6.07, 6.45) is 6.13. The Morgan fingerprint density at radius 3 is 2.78 bits per heavy atom. The second kappa shape index (κ2) is 3.00. The van der Waals surface area contributed by atoms with Gasteiger partial charge in [-0.25, -0.2) is 0 Å². The first kappa shape index (κ1) is 6.79. The van der Waals surface area contributed by atoms with Crippen LogP contribution in [0.4, 0.5) is 0 Å².